The second-order valence-corrected chi connectivity index (χ2v) is 17.5. The number of amides is 4. The van der Waals surface area contributed by atoms with Crippen LogP contribution in [0.3, 0.4) is 0 Å². The number of anilines is 4. The summed E-state index contributed by atoms with van der Waals surface area (Å²) in [5.41, 5.74) is 12.1. The van der Waals surface area contributed by atoms with Crippen LogP contribution < -0.4 is 26.2 Å². The lowest BCUT2D eigenvalue weighted by Crippen LogP contribution is -2.55. The molecule has 0 aliphatic carbocycles. The third kappa shape index (κ3) is 8.52. The molecule has 5 saturated heterocycles. The Labute approximate surface area is 346 Å². The first kappa shape index (κ1) is 39.4. The smallest absolute Gasteiger partial charge is 0.254 e. The molecular weight excluding hydrogens is 745 g/mol. The van der Waals surface area contributed by atoms with Crippen molar-refractivity contribution < 1.29 is 19.2 Å². The molecule has 59 heavy (non-hydrogen) atoms. The Morgan fingerprint density at radius 2 is 1.59 bits per heavy atom. The van der Waals surface area contributed by atoms with Gasteiger partial charge in [0.2, 0.25) is 17.7 Å². The van der Waals surface area contributed by atoms with E-state index in [1.54, 1.807) is 4.90 Å². The van der Waals surface area contributed by atoms with Gasteiger partial charge in [0.15, 0.2) is 5.82 Å². The number of hydrogen-bond donors (Lipinski definition) is 3. The fourth-order valence-corrected chi connectivity index (χ4v) is 10.4. The summed E-state index contributed by atoms with van der Waals surface area (Å²) in [4.78, 5) is 70.7. The lowest BCUT2D eigenvalue weighted by molar-refractivity contribution is -0.137. The zero-order valence-corrected chi connectivity index (χ0v) is 34.1. The molecule has 0 radical (unpaired) electrons. The van der Waals surface area contributed by atoms with E-state index in [1.807, 2.05) is 12.3 Å². The molecule has 9 rings (SSSR count). The van der Waals surface area contributed by atoms with E-state index >= 15 is 0 Å². The van der Waals surface area contributed by atoms with Gasteiger partial charge in [-0.15, -0.1) is 0 Å². The molecule has 0 spiro atoms. The largest absolute Gasteiger partial charge is 0.372 e. The first-order valence-corrected chi connectivity index (χ1v) is 22.0. The highest BCUT2D eigenvalue weighted by Crippen LogP contribution is 2.34. The van der Waals surface area contributed by atoms with Gasteiger partial charge in [-0.2, -0.15) is 0 Å². The maximum Gasteiger partial charge on any atom is 0.254 e. The van der Waals surface area contributed by atoms with Gasteiger partial charge in [0.25, 0.3) is 5.91 Å². The van der Waals surface area contributed by atoms with Gasteiger partial charge in [-0.3, -0.25) is 29.5 Å². The Morgan fingerprint density at radius 3 is 2.34 bits per heavy atom. The number of nitrogens with zero attached hydrogens (tertiary/aromatic N) is 7. The van der Waals surface area contributed by atoms with Gasteiger partial charge in [-0.25, -0.2) is 4.98 Å². The van der Waals surface area contributed by atoms with Crippen molar-refractivity contribution in [3.05, 3.63) is 71.0 Å². The minimum Gasteiger partial charge on any atom is -0.372 e. The molecule has 312 valence electrons. The zero-order valence-electron chi connectivity index (χ0n) is 34.1. The average Bonchev–Trinajstić information content (AvgIpc) is 3.70. The number of benzene rings is 2. The van der Waals surface area contributed by atoms with Gasteiger partial charge < -0.3 is 35.6 Å². The van der Waals surface area contributed by atoms with Gasteiger partial charge in [0, 0.05) is 88.2 Å². The van der Waals surface area contributed by atoms with Crippen molar-refractivity contribution >= 4 is 46.6 Å². The van der Waals surface area contributed by atoms with Crippen molar-refractivity contribution in [1.82, 2.24) is 30.0 Å². The van der Waals surface area contributed by atoms with Crippen LogP contribution in [-0.4, -0.2) is 119 Å². The predicted octanol–water partition coefficient (Wildman–Crippen LogP) is 4.17. The maximum atomic E-state index is 13.4. The number of carbonyl (C=O) groups is 4. The molecule has 7 heterocycles. The Bertz CT molecular complexity index is 2040. The second-order valence-electron chi connectivity index (χ2n) is 17.5. The maximum absolute atomic E-state index is 13.4. The first-order chi connectivity index (χ1) is 28.8. The minimum absolute atomic E-state index is 0.113. The van der Waals surface area contributed by atoms with Gasteiger partial charge in [0.1, 0.15) is 11.9 Å². The number of rotatable bonds is 10. The molecule has 0 saturated carbocycles. The van der Waals surface area contributed by atoms with Crippen LogP contribution in [0, 0.1) is 5.92 Å². The van der Waals surface area contributed by atoms with Gasteiger partial charge in [-0.1, -0.05) is 12.1 Å². The molecule has 6 aliphatic rings. The van der Waals surface area contributed by atoms with Crippen LogP contribution in [0.5, 0.6) is 0 Å². The summed E-state index contributed by atoms with van der Waals surface area (Å²) in [5.74, 6) is 2.28. The monoisotopic (exact) mass is 802 g/mol. The molecule has 1 unspecified atom stereocenters. The third-order valence-corrected chi connectivity index (χ3v) is 13.8. The second kappa shape index (κ2) is 17.3. The summed E-state index contributed by atoms with van der Waals surface area (Å²) < 4.78 is 0. The summed E-state index contributed by atoms with van der Waals surface area (Å²) in [7, 11) is 0. The van der Waals surface area contributed by atoms with E-state index in [4.69, 9.17) is 15.7 Å². The van der Waals surface area contributed by atoms with Crippen LogP contribution in [0.4, 0.5) is 23.0 Å². The summed E-state index contributed by atoms with van der Waals surface area (Å²) in [6.45, 7) is 8.75. The number of nitrogens with one attached hydrogen (secondary N) is 2. The number of hydrogen-bond acceptors (Lipinski definition) is 11. The van der Waals surface area contributed by atoms with Crippen molar-refractivity contribution in [3.63, 3.8) is 0 Å². The number of imide groups is 1. The highest BCUT2D eigenvalue weighted by molar-refractivity contribution is 6.04. The van der Waals surface area contributed by atoms with E-state index in [2.05, 4.69) is 66.6 Å². The predicted molar refractivity (Wildman–Crippen MR) is 227 cm³/mol. The molecule has 2 atom stereocenters. The van der Waals surface area contributed by atoms with Crippen LogP contribution in [0.25, 0.3) is 0 Å². The van der Waals surface area contributed by atoms with Gasteiger partial charge in [-0.05, 0) is 124 Å². The number of likely N-dealkylation sites (tertiary alicyclic amines) is 2. The topological polar surface area (TPSA) is 160 Å². The molecule has 4 N–H and O–H groups in total. The Morgan fingerprint density at radius 1 is 0.780 bits per heavy atom. The van der Waals surface area contributed by atoms with Gasteiger partial charge >= 0.3 is 0 Å². The highest BCUT2D eigenvalue weighted by atomic mass is 16.2. The molecule has 0 bridgehead atoms. The summed E-state index contributed by atoms with van der Waals surface area (Å²) >= 11 is 0. The Balaban J connectivity index is 0.734. The van der Waals surface area contributed by atoms with Crippen molar-refractivity contribution in [2.75, 3.05) is 74.0 Å². The fourth-order valence-electron chi connectivity index (χ4n) is 10.4. The lowest BCUT2D eigenvalue weighted by Gasteiger charge is -2.39. The Hall–Kier alpha value is -5.08. The van der Waals surface area contributed by atoms with E-state index in [0.717, 1.165) is 120 Å². The molecule has 1 aromatic heterocycles. The molecule has 14 heteroatoms. The fraction of sp³-hybridized carbons (Fsp3) is 0.556. The average molecular weight is 803 g/mol. The van der Waals surface area contributed by atoms with Crippen LogP contribution >= 0.6 is 0 Å². The van der Waals surface area contributed by atoms with Gasteiger partial charge in [0.05, 0.1) is 11.9 Å². The van der Waals surface area contributed by atoms with E-state index in [1.165, 1.54) is 11.3 Å². The third-order valence-electron chi connectivity index (χ3n) is 13.8. The summed E-state index contributed by atoms with van der Waals surface area (Å²) in [6, 6.07) is 14.6. The van der Waals surface area contributed by atoms with E-state index in [-0.39, 0.29) is 36.1 Å². The summed E-state index contributed by atoms with van der Waals surface area (Å²) in [5, 5.41) is 5.90. The number of aromatic nitrogens is 2. The number of carbonyl (C=O) groups excluding carboxylic acids is 4. The molecule has 6 aliphatic heterocycles. The standard InChI is InChI=1S/C45H58N10O4/c46-26-38-43(49-40(27-47-38)53-18-1-3-36(29-53)54-19-2-4-42(54)57)48-34-7-5-31(6-8-34)32-15-20-51(21-16-32)28-30-13-22-52(23-14-30)35-9-10-37-33(25-35)17-24-55(45(37)59)39-11-12-41(56)50-44(39)58/h5-10,25,27,30,32,36,39H,1-4,11-24,26,28-29,46H2,(H,48,49)(H,50,56,58)/t36-,39?/m0/s1. The van der Waals surface area contributed by atoms with Crippen LogP contribution in [0.2, 0.25) is 0 Å². The number of nitrogens with two attached hydrogens (primary N) is 1. The van der Waals surface area contributed by atoms with E-state index in [9.17, 15) is 19.2 Å². The Kier molecular flexibility index (Phi) is 11.5. The highest BCUT2D eigenvalue weighted by Gasteiger charge is 2.38. The van der Waals surface area contributed by atoms with Crippen LogP contribution in [-0.2, 0) is 27.3 Å². The molecule has 3 aromatic rings. The van der Waals surface area contributed by atoms with Crippen molar-refractivity contribution in [1.29, 1.82) is 0 Å². The minimum atomic E-state index is -0.571. The first-order valence-electron chi connectivity index (χ1n) is 22.0. The van der Waals surface area contributed by atoms with E-state index in [0.29, 0.717) is 55.6 Å². The normalized spacial score (nSPS) is 23.8. The van der Waals surface area contributed by atoms with Crippen molar-refractivity contribution in [2.24, 2.45) is 11.7 Å². The van der Waals surface area contributed by atoms with E-state index < -0.39 is 6.04 Å². The van der Waals surface area contributed by atoms with Crippen molar-refractivity contribution in [2.45, 2.75) is 95.2 Å². The van der Waals surface area contributed by atoms with Crippen LogP contribution in [0.1, 0.15) is 97.3 Å². The number of fused-ring (bicyclic) bond motifs is 1. The lowest BCUT2D eigenvalue weighted by atomic mass is 9.88. The summed E-state index contributed by atoms with van der Waals surface area (Å²) in [6.07, 6.45) is 11.5. The van der Waals surface area contributed by atoms with Crippen molar-refractivity contribution in [3.8, 4) is 0 Å². The SMILES string of the molecule is NCc1ncc(N2CCC[C@H](N3CCCC3=O)C2)nc1Nc1ccc(C2CCN(CC3CCN(c4ccc5c(c4)CCN(C4CCC(=O)NC4=O)C5=O)CC3)CC2)cc1. The molecule has 14 nitrogen and oxygen atoms in total. The quantitative estimate of drug-likeness (QED) is 0.253. The molecular formula is C45H58N10O4. The number of piperidine rings is 4. The molecule has 4 amide bonds. The van der Waals surface area contributed by atoms with Crippen LogP contribution in [0.15, 0.2) is 48.7 Å². The molecule has 5 fully saturated rings. The zero-order chi connectivity index (χ0) is 40.5. The molecule has 2 aromatic carbocycles.